The predicted molar refractivity (Wildman–Crippen MR) is 75.4 cm³/mol. The summed E-state index contributed by atoms with van der Waals surface area (Å²) in [6.07, 6.45) is 1.03. The summed E-state index contributed by atoms with van der Waals surface area (Å²) in [5.41, 5.74) is 2.68. The number of nitrogens with two attached hydrogens (primary N) is 1. The largest absolute Gasteiger partial charge is 0.433 e. The van der Waals surface area contributed by atoms with E-state index in [-0.39, 0.29) is 17.5 Å². The minimum Gasteiger partial charge on any atom is -0.433 e. The van der Waals surface area contributed by atoms with E-state index in [0.717, 1.165) is 16.2 Å². The van der Waals surface area contributed by atoms with Crippen LogP contribution in [-0.2, 0) is 0 Å². The smallest absolute Gasteiger partial charge is 0.349 e. The first-order chi connectivity index (χ1) is 9.51. The molecule has 0 aliphatic heterocycles. The second-order valence-electron chi connectivity index (χ2n) is 3.80. The SMILES string of the molecule is Cc1ccc(Br)cc1Oc1nc(NN)ncc1[N+](=O)[O-]. The quantitative estimate of drug-likeness (QED) is 0.499. The predicted octanol–water partition coefficient (Wildman–Crippen LogP) is 2.53. The van der Waals surface area contributed by atoms with Crippen LogP contribution in [0.25, 0.3) is 0 Å². The van der Waals surface area contributed by atoms with Gasteiger partial charge in [0, 0.05) is 4.47 Å². The number of hydrogen-bond donors (Lipinski definition) is 2. The highest BCUT2D eigenvalue weighted by atomic mass is 79.9. The zero-order chi connectivity index (χ0) is 14.7. The Morgan fingerprint density at radius 1 is 1.50 bits per heavy atom. The number of nitrogen functional groups attached to an aromatic ring is 1. The van der Waals surface area contributed by atoms with Crippen molar-refractivity contribution in [3.8, 4) is 11.6 Å². The Bertz CT molecular complexity index is 665. The van der Waals surface area contributed by atoms with Gasteiger partial charge in [0.25, 0.3) is 0 Å². The van der Waals surface area contributed by atoms with E-state index >= 15 is 0 Å². The van der Waals surface area contributed by atoms with E-state index in [4.69, 9.17) is 10.6 Å². The molecule has 1 aromatic heterocycles. The molecule has 20 heavy (non-hydrogen) atoms. The number of benzene rings is 1. The molecule has 0 aliphatic rings. The fourth-order valence-corrected chi connectivity index (χ4v) is 1.76. The molecule has 0 saturated carbocycles. The number of nitrogens with zero attached hydrogens (tertiary/aromatic N) is 3. The molecule has 0 bridgehead atoms. The number of nitro groups is 1. The van der Waals surface area contributed by atoms with Crippen LogP contribution in [0.4, 0.5) is 11.6 Å². The molecule has 2 rings (SSSR count). The van der Waals surface area contributed by atoms with Crippen LogP contribution in [0.1, 0.15) is 5.56 Å². The molecule has 1 aromatic carbocycles. The number of nitrogens with one attached hydrogen (secondary N) is 1. The normalized spacial score (nSPS) is 10.2. The molecule has 0 atom stereocenters. The molecule has 2 aromatic rings. The third kappa shape index (κ3) is 3.00. The van der Waals surface area contributed by atoms with Gasteiger partial charge in [-0.25, -0.2) is 10.8 Å². The third-order valence-electron chi connectivity index (χ3n) is 2.42. The van der Waals surface area contributed by atoms with Gasteiger partial charge in [-0.3, -0.25) is 15.5 Å². The molecule has 0 amide bonds. The maximum Gasteiger partial charge on any atom is 0.349 e. The Hall–Kier alpha value is -2.26. The summed E-state index contributed by atoms with van der Waals surface area (Å²) in [4.78, 5) is 17.9. The lowest BCUT2D eigenvalue weighted by atomic mass is 10.2. The summed E-state index contributed by atoms with van der Waals surface area (Å²) in [6, 6.07) is 5.34. The van der Waals surface area contributed by atoms with Gasteiger partial charge in [-0.1, -0.05) is 22.0 Å². The summed E-state index contributed by atoms with van der Waals surface area (Å²) >= 11 is 3.31. The zero-order valence-corrected chi connectivity index (χ0v) is 11.9. The van der Waals surface area contributed by atoms with Gasteiger partial charge in [0.2, 0.25) is 5.95 Å². The van der Waals surface area contributed by atoms with Gasteiger partial charge in [-0.15, -0.1) is 0 Å². The van der Waals surface area contributed by atoms with Gasteiger partial charge >= 0.3 is 11.6 Å². The van der Waals surface area contributed by atoms with Crippen molar-refractivity contribution in [3.63, 3.8) is 0 Å². The fourth-order valence-electron chi connectivity index (χ4n) is 1.42. The summed E-state index contributed by atoms with van der Waals surface area (Å²) in [5, 5.41) is 10.9. The first-order valence-electron chi connectivity index (χ1n) is 5.43. The number of halogens is 1. The van der Waals surface area contributed by atoms with Crippen molar-refractivity contribution in [1.29, 1.82) is 0 Å². The summed E-state index contributed by atoms with van der Waals surface area (Å²) in [5.74, 6) is 5.48. The molecule has 8 nitrogen and oxygen atoms in total. The number of rotatable bonds is 4. The molecular weight excluding hydrogens is 330 g/mol. The highest BCUT2D eigenvalue weighted by Crippen LogP contribution is 2.32. The van der Waals surface area contributed by atoms with E-state index < -0.39 is 4.92 Å². The van der Waals surface area contributed by atoms with E-state index in [1.54, 1.807) is 6.07 Å². The van der Waals surface area contributed by atoms with Gasteiger partial charge in [0.15, 0.2) is 0 Å². The van der Waals surface area contributed by atoms with Crippen molar-refractivity contribution in [2.45, 2.75) is 6.92 Å². The van der Waals surface area contributed by atoms with Crippen LogP contribution in [0.3, 0.4) is 0 Å². The lowest BCUT2D eigenvalue weighted by Crippen LogP contribution is -2.11. The number of anilines is 1. The third-order valence-corrected chi connectivity index (χ3v) is 2.91. The average Bonchev–Trinajstić information content (AvgIpc) is 2.42. The highest BCUT2D eigenvalue weighted by molar-refractivity contribution is 9.10. The minimum atomic E-state index is -0.622. The van der Waals surface area contributed by atoms with Crippen molar-refractivity contribution in [1.82, 2.24) is 9.97 Å². The lowest BCUT2D eigenvalue weighted by Gasteiger charge is -2.09. The van der Waals surface area contributed by atoms with Crippen LogP contribution in [0.2, 0.25) is 0 Å². The van der Waals surface area contributed by atoms with E-state index in [9.17, 15) is 10.1 Å². The molecule has 9 heteroatoms. The molecule has 0 unspecified atom stereocenters. The summed E-state index contributed by atoms with van der Waals surface area (Å²) < 4.78 is 6.29. The molecule has 0 aliphatic carbocycles. The highest BCUT2D eigenvalue weighted by Gasteiger charge is 2.20. The van der Waals surface area contributed by atoms with Crippen LogP contribution in [0.5, 0.6) is 11.6 Å². The van der Waals surface area contributed by atoms with Gasteiger partial charge in [0.1, 0.15) is 11.9 Å². The molecule has 0 saturated heterocycles. The van der Waals surface area contributed by atoms with Gasteiger partial charge in [-0.2, -0.15) is 4.98 Å². The van der Waals surface area contributed by atoms with Gasteiger partial charge in [-0.05, 0) is 24.6 Å². The molecule has 0 radical (unpaired) electrons. The van der Waals surface area contributed by atoms with E-state index in [0.29, 0.717) is 5.75 Å². The van der Waals surface area contributed by atoms with Crippen LogP contribution in [0, 0.1) is 17.0 Å². The Kier molecular flexibility index (Phi) is 4.11. The van der Waals surface area contributed by atoms with Crippen molar-refractivity contribution in [2.75, 3.05) is 5.43 Å². The molecule has 3 N–H and O–H groups in total. The maximum absolute atomic E-state index is 10.9. The number of hydrazine groups is 1. The number of hydrogen-bond acceptors (Lipinski definition) is 7. The number of aryl methyl sites for hydroxylation is 1. The number of aromatic nitrogens is 2. The first-order valence-corrected chi connectivity index (χ1v) is 6.22. The van der Waals surface area contributed by atoms with Gasteiger partial charge < -0.3 is 4.74 Å². The second kappa shape index (κ2) is 5.80. The Morgan fingerprint density at radius 3 is 2.90 bits per heavy atom. The van der Waals surface area contributed by atoms with E-state index in [1.807, 2.05) is 19.1 Å². The molecule has 0 fully saturated rings. The topological polar surface area (TPSA) is 116 Å². The van der Waals surface area contributed by atoms with Crippen LogP contribution < -0.4 is 16.0 Å². The Balaban J connectivity index is 2.45. The summed E-state index contributed by atoms with van der Waals surface area (Å²) in [6.45, 7) is 1.82. The van der Waals surface area contributed by atoms with Gasteiger partial charge in [0.05, 0.1) is 4.92 Å². The van der Waals surface area contributed by atoms with Crippen molar-refractivity contribution < 1.29 is 9.66 Å². The van der Waals surface area contributed by atoms with Crippen molar-refractivity contribution >= 4 is 27.6 Å². The average molecular weight is 340 g/mol. The monoisotopic (exact) mass is 339 g/mol. The molecule has 104 valence electrons. The Labute approximate surface area is 122 Å². The Morgan fingerprint density at radius 2 is 2.25 bits per heavy atom. The molecule has 1 heterocycles. The second-order valence-corrected chi connectivity index (χ2v) is 4.71. The van der Waals surface area contributed by atoms with Crippen LogP contribution in [-0.4, -0.2) is 14.9 Å². The van der Waals surface area contributed by atoms with Crippen LogP contribution >= 0.6 is 15.9 Å². The lowest BCUT2D eigenvalue weighted by molar-refractivity contribution is -0.386. The van der Waals surface area contributed by atoms with E-state index in [1.165, 1.54) is 0 Å². The minimum absolute atomic E-state index is 0.0262. The fraction of sp³-hybridized carbons (Fsp3) is 0.0909. The number of ether oxygens (including phenoxy) is 1. The van der Waals surface area contributed by atoms with Crippen molar-refractivity contribution in [2.24, 2.45) is 5.84 Å². The van der Waals surface area contributed by atoms with Crippen LogP contribution in [0.15, 0.2) is 28.9 Å². The zero-order valence-electron chi connectivity index (χ0n) is 10.3. The molecular formula is C11H10BrN5O3. The first kappa shape index (κ1) is 14.2. The van der Waals surface area contributed by atoms with Crippen molar-refractivity contribution in [3.05, 3.63) is 44.5 Å². The summed E-state index contributed by atoms with van der Waals surface area (Å²) in [7, 11) is 0. The van der Waals surface area contributed by atoms with E-state index in [2.05, 4.69) is 31.3 Å². The maximum atomic E-state index is 10.9. The molecule has 0 spiro atoms. The standard InChI is InChI=1S/C11H10BrN5O3/c1-6-2-3-7(12)4-9(6)20-10-8(17(18)19)5-14-11(15-10)16-13/h2-5H,13H2,1H3,(H,14,15,16).